The summed E-state index contributed by atoms with van der Waals surface area (Å²) in [6.07, 6.45) is 1.97. The highest BCUT2D eigenvalue weighted by atomic mass is 14.9. The number of aromatic nitrogens is 1. The summed E-state index contributed by atoms with van der Waals surface area (Å²) in [5, 5.41) is 4.64. The van der Waals surface area contributed by atoms with Crippen LogP contribution in [-0.2, 0) is 6.54 Å². The molecule has 0 bridgehead atoms. The second kappa shape index (κ2) is 4.47. The topological polar surface area (TPSA) is 53.8 Å². The minimum atomic E-state index is 0.357. The highest BCUT2D eigenvalue weighted by Crippen LogP contribution is 2.16. The lowest BCUT2D eigenvalue weighted by molar-refractivity contribution is 0.557. The zero-order chi connectivity index (χ0) is 10.7. The van der Waals surface area contributed by atoms with Gasteiger partial charge in [0.25, 0.3) is 0 Å². The summed E-state index contributed by atoms with van der Waals surface area (Å²) in [5.74, 6) is 0. The van der Waals surface area contributed by atoms with Crippen LogP contribution in [0.2, 0.25) is 0 Å². The molecule has 0 fully saturated rings. The predicted octanol–water partition coefficient (Wildman–Crippen LogP) is 1.60. The number of fused-ring (bicyclic) bond motifs is 1. The highest BCUT2D eigenvalue weighted by molar-refractivity contribution is 5.82. The van der Waals surface area contributed by atoms with E-state index >= 15 is 0 Å². The summed E-state index contributed by atoms with van der Waals surface area (Å²) in [7, 11) is 0. The van der Waals surface area contributed by atoms with Crippen LogP contribution < -0.4 is 11.1 Å². The smallest absolute Gasteiger partial charge is 0.0499 e. The van der Waals surface area contributed by atoms with Crippen molar-refractivity contribution in [2.24, 2.45) is 5.73 Å². The Bertz CT molecular complexity index is 433. The summed E-state index contributed by atoms with van der Waals surface area (Å²) in [6.45, 7) is 3.62. The summed E-state index contributed by atoms with van der Waals surface area (Å²) in [5.41, 5.74) is 8.07. The van der Waals surface area contributed by atoms with Crippen molar-refractivity contribution in [3.8, 4) is 0 Å². The molecule has 1 aromatic carbocycles. The zero-order valence-electron chi connectivity index (χ0n) is 8.96. The van der Waals surface area contributed by atoms with Crippen LogP contribution in [-0.4, -0.2) is 17.6 Å². The number of benzene rings is 1. The van der Waals surface area contributed by atoms with Crippen LogP contribution in [0, 0.1) is 0 Å². The maximum absolute atomic E-state index is 5.56. The normalized spacial score (nSPS) is 13.2. The molecule has 0 unspecified atom stereocenters. The summed E-state index contributed by atoms with van der Waals surface area (Å²) >= 11 is 0. The molecule has 3 heteroatoms. The number of nitrogens with one attached hydrogen (secondary N) is 2. The molecule has 1 atom stereocenters. The summed E-state index contributed by atoms with van der Waals surface area (Å²) in [6, 6.07) is 8.78. The van der Waals surface area contributed by atoms with Gasteiger partial charge in [-0.15, -0.1) is 0 Å². The Labute approximate surface area is 89.7 Å². The van der Waals surface area contributed by atoms with Gasteiger partial charge in [0.05, 0.1) is 0 Å². The van der Waals surface area contributed by atoms with Crippen LogP contribution in [0.3, 0.4) is 0 Å². The minimum absolute atomic E-state index is 0.357. The van der Waals surface area contributed by atoms with Gasteiger partial charge >= 0.3 is 0 Å². The van der Waals surface area contributed by atoms with Crippen molar-refractivity contribution < 1.29 is 0 Å². The van der Waals surface area contributed by atoms with Crippen LogP contribution in [0.5, 0.6) is 0 Å². The molecule has 15 heavy (non-hydrogen) atoms. The Morgan fingerprint density at radius 1 is 1.40 bits per heavy atom. The molecule has 1 heterocycles. The zero-order valence-corrected chi connectivity index (χ0v) is 8.96. The van der Waals surface area contributed by atoms with Gasteiger partial charge in [-0.25, -0.2) is 0 Å². The van der Waals surface area contributed by atoms with Crippen LogP contribution in [0.1, 0.15) is 12.5 Å². The van der Waals surface area contributed by atoms with Crippen molar-refractivity contribution in [3.05, 3.63) is 36.0 Å². The van der Waals surface area contributed by atoms with Gasteiger partial charge in [0.1, 0.15) is 0 Å². The maximum atomic E-state index is 5.56. The number of hydrogen-bond acceptors (Lipinski definition) is 2. The molecule has 0 saturated carbocycles. The number of nitrogens with two attached hydrogens (primary N) is 1. The molecule has 2 aromatic rings. The maximum Gasteiger partial charge on any atom is 0.0499 e. The number of rotatable bonds is 4. The van der Waals surface area contributed by atoms with Gasteiger partial charge in [-0.05, 0) is 23.9 Å². The van der Waals surface area contributed by atoms with E-state index in [9.17, 15) is 0 Å². The molecule has 1 aromatic heterocycles. The lowest BCUT2D eigenvalue weighted by atomic mass is 10.1. The molecule has 0 aliphatic carbocycles. The first-order chi connectivity index (χ1) is 7.31. The first-order valence-corrected chi connectivity index (χ1v) is 5.29. The monoisotopic (exact) mass is 203 g/mol. The number of hydrogen-bond donors (Lipinski definition) is 3. The van der Waals surface area contributed by atoms with Crippen molar-refractivity contribution in [2.75, 3.05) is 6.54 Å². The standard InChI is InChI=1S/C12H17N3/c1-9(7-13)15-8-11-4-2-3-10-5-6-14-12(10)11/h2-6,9,14-15H,7-8,13H2,1H3/t9-/m1/s1. The SMILES string of the molecule is C[C@H](CN)NCc1cccc2cc[nH]c12. The van der Waals surface area contributed by atoms with E-state index in [1.54, 1.807) is 0 Å². The summed E-state index contributed by atoms with van der Waals surface area (Å²) < 4.78 is 0. The van der Waals surface area contributed by atoms with E-state index in [2.05, 4.69) is 41.5 Å². The fraction of sp³-hybridized carbons (Fsp3) is 0.333. The number of aromatic amines is 1. The molecule has 4 N–H and O–H groups in total. The number of para-hydroxylation sites is 1. The first kappa shape index (κ1) is 10.2. The van der Waals surface area contributed by atoms with Gasteiger partial charge in [-0.3, -0.25) is 0 Å². The Balaban J connectivity index is 2.17. The van der Waals surface area contributed by atoms with Crippen molar-refractivity contribution in [1.29, 1.82) is 0 Å². The van der Waals surface area contributed by atoms with Gasteiger partial charge in [0.15, 0.2) is 0 Å². The van der Waals surface area contributed by atoms with Crippen LogP contribution in [0.4, 0.5) is 0 Å². The molecule has 3 nitrogen and oxygen atoms in total. The van der Waals surface area contributed by atoms with Gasteiger partial charge < -0.3 is 16.0 Å². The van der Waals surface area contributed by atoms with E-state index in [0.29, 0.717) is 12.6 Å². The van der Waals surface area contributed by atoms with E-state index in [0.717, 1.165) is 6.54 Å². The molecular formula is C12H17N3. The van der Waals surface area contributed by atoms with Crippen molar-refractivity contribution in [3.63, 3.8) is 0 Å². The van der Waals surface area contributed by atoms with E-state index in [-0.39, 0.29) is 0 Å². The van der Waals surface area contributed by atoms with E-state index < -0.39 is 0 Å². The Kier molecular flexibility index (Phi) is 3.04. The third-order valence-electron chi connectivity index (χ3n) is 2.67. The van der Waals surface area contributed by atoms with Crippen molar-refractivity contribution in [2.45, 2.75) is 19.5 Å². The van der Waals surface area contributed by atoms with Gasteiger partial charge in [-0.2, -0.15) is 0 Å². The Hall–Kier alpha value is -1.32. The lowest BCUT2D eigenvalue weighted by Crippen LogP contribution is -2.32. The molecular weight excluding hydrogens is 186 g/mol. The van der Waals surface area contributed by atoms with Gasteiger partial charge in [0, 0.05) is 30.8 Å². The van der Waals surface area contributed by atoms with E-state index in [4.69, 9.17) is 5.73 Å². The molecule has 0 radical (unpaired) electrons. The van der Waals surface area contributed by atoms with Crippen LogP contribution >= 0.6 is 0 Å². The number of H-pyrrole nitrogens is 1. The molecule has 80 valence electrons. The van der Waals surface area contributed by atoms with Gasteiger partial charge in [0.2, 0.25) is 0 Å². The van der Waals surface area contributed by atoms with Crippen molar-refractivity contribution >= 4 is 10.9 Å². The molecule has 0 aliphatic heterocycles. The second-order valence-electron chi connectivity index (χ2n) is 3.88. The van der Waals surface area contributed by atoms with Crippen LogP contribution in [0.25, 0.3) is 10.9 Å². The largest absolute Gasteiger partial charge is 0.361 e. The molecule has 0 amide bonds. The molecule has 0 spiro atoms. The van der Waals surface area contributed by atoms with E-state index in [1.807, 2.05) is 6.20 Å². The Morgan fingerprint density at radius 2 is 2.27 bits per heavy atom. The minimum Gasteiger partial charge on any atom is -0.361 e. The van der Waals surface area contributed by atoms with Crippen molar-refractivity contribution in [1.82, 2.24) is 10.3 Å². The first-order valence-electron chi connectivity index (χ1n) is 5.29. The molecule has 2 rings (SSSR count). The predicted molar refractivity (Wildman–Crippen MR) is 63.7 cm³/mol. The average molecular weight is 203 g/mol. The average Bonchev–Trinajstić information content (AvgIpc) is 2.74. The Morgan fingerprint density at radius 3 is 3.07 bits per heavy atom. The van der Waals surface area contributed by atoms with Gasteiger partial charge in [-0.1, -0.05) is 18.2 Å². The third-order valence-corrected chi connectivity index (χ3v) is 2.67. The molecule has 0 aliphatic rings. The lowest BCUT2D eigenvalue weighted by Gasteiger charge is -2.11. The highest BCUT2D eigenvalue weighted by Gasteiger charge is 2.03. The fourth-order valence-electron chi connectivity index (χ4n) is 1.66. The van der Waals surface area contributed by atoms with Crippen LogP contribution in [0.15, 0.2) is 30.5 Å². The fourth-order valence-corrected chi connectivity index (χ4v) is 1.66. The second-order valence-corrected chi connectivity index (χ2v) is 3.88. The quantitative estimate of drug-likeness (QED) is 0.707. The third kappa shape index (κ3) is 2.19. The molecule has 0 saturated heterocycles. The van der Waals surface area contributed by atoms with E-state index in [1.165, 1.54) is 16.5 Å². The summed E-state index contributed by atoms with van der Waals surface area (Å²) in [4.78, 5) is 3.26.